The molecule has 4 rings (SSSR count). The van der Waals surface area contributed by atoms with Gasteiger partial charge in [-0.05, 0) is 71.7 Å². The average Bonchev–Trinajstić information content (AvgIpc) is 2.84. The largest absolute Gasteiger partial charge is 0.423 e. The number of nitrogens with zero attached hydrogens (tertiary/aromatic N) is 1. The fourth-order valence-corrected chi connectivity index (χ4v) is 4.55. The molecule has 174 valence electrons. The van der Waals surface area contributed by atoms with Crippen molar-refractivity contribution in [2.24, 2.45) is 0 Å². The molecular formula is C29H27F2NO2. The first-order valence-electron chi connectivity index (χ1n) is 11.9. The summed E-state index contributed by atoms with van der Waals surface area (Å²) < 4.78 is 34.3. The number of carbonyl (C=O) groups excluding carboxylic acids is 1. The first-order chi connectivity index (χ1) is 16.5. The van der Waals surface area contributed by atoms with Crippen LogP contribution in [-0.2, 0) is 19.3 Å². The first kappa shape index (κ1) is 23.6. The number of fused-ring (bicyclic) bond motifs is 3. The number of rotatable bonds is 8. The summed E-state index contributed by atoms with van der Waals surface area (Å²) in [6.07, 6.45) is 8.49. The number of unbranched alkanes of at least 4 members (excludes halogenated alkanes) is 4. The zero-order valence-corrected chi connectivity index (χ0v) is 19.3. The van der Waals surface area contributed by atoms with Gasteiger partial charge in [-0.3, -0.25) is 0 Å². The molecule has 34 heavy (non-hydrogen) atoms. The van der Waals surface area contributed by atoms with E-state index >= 15 is 4.39 Å². The molecule has 1 aliphatic rings. The second-order valence-corrected chi connectivity index (χ2v) is 8.75. The summed E-state index contributed by atoms with van der Waals surface area (Å²) in [6.45, 7) is 2.21. The van der Waals surface area contributed by atoms with Gasteiger partial charge < -0.3 is 4.74 Å². The highest BCUT2D eigenvalue weighted by Gasteiger charge is 2.25. The van der Waals surface area contributed by atoms with Gasteiger partial charge in [-0.1, -0.05) is 56.9 Å². The highest BCUT2D eigenvalue weighted by molar-refractivity contribution is 5.93. The Labute approximate surface area is 199 Å². The van der Waals surface area contributed by atoms with Crippen LogP contribution >= 0.6 is 0 Å². The smallest absolute Gasteiger partial charge is 0.346 e. The van der Waals surface area contributed by atoms with E-state index in [2.05, 4.69) is 25.1 Å². The summed E-state index contributed by atoms with van der Waals surface area (Å²) in [6, 6.07) is 14.8. The van der Waals surface area contributed by atoms with E-state index in [1.807, 2.05) is 0 Å². The van der Waals surface area contributed by atoms with E-state index < -0.39 is 17.6 Å². The van der Waals surface area contributed by atoms with Gasteiger partial charge in [-0.25, -0.2) is 13.6 Å². The van der Waals surface area contributed by atoms with Crippen LogP contribution in [0.1, 0.15) is 71.6 Å². The van der Waals surface area contributed by atoms with Crippen LogP contribution < -0.4 is 4.74 Å². The summed E-state index contributed by atoms with van der Waals surface area (Å²) in [5.41, 5.74) is 4.49. The quantitative estimate of drug-likeness (QED) is 0.201. The van der Waals surface area contributed by atoms with Crippen LogP contribution in [0.5, 0.6) is 5.75 Å². The molecule has 0 saturated heterocycles. The van der Waals surface area contributed by atoms with Gasteiger partial charge in [0.05, 0.1) is 11.1 Å². The van der Waals surface area contributed by atoms with E-state index in [0.717, 1.165) is 23.6 Å². The average molecular weight is 460 g/mol. The fourth-order valence-electron chi connectivity index (χ4n) is 4.55. The molecule has 3 nitrogen and oxygen atoms in total. The Morgan fingerprint density at radius 3 is 2.53 bits per heavy atom. The van der Waals surface area contributed by atoms with Crippen molar-refractivity contribution in [2.75, 3.05) is 0 Å². The van der Waals surface area contributed by atoms with Crippen LogP contribution in [-0.4, -0.2) is 5.97 Å². The number of halogens is 2. The van der Waals surface area contributed by atoms with Gasteiger partial charge in [0.1, 0.15) is 23.5 Å². The molecule has 0 heterocycles. The Kier molecular flexibility index (Phi) is 7.37. The Bertz CT molecular complexity index is 1260. The lowest BCUT2D eigenvalue weighted by molar-refractivity contribution is 0.0729. The molecule has 0 radical (unpaired) electrons. The number of nitriles is 1. The van der Waals surface area contributed by atoms with Gasteiger partial charge in [0.2, 0.25) is 0 Å². The van der Waals surface area contributed by atoms with Gasteiger partial charge in [0, 0.05) is 6.07 Å². The van der Waals surface area contributed by atoms with Gasteiger partial charge >= 0.3 is 5.97 Å². The molecule has 0 fully saturated rings. The molecule has 0 spiro atoms. The SMILES string of the molecule is CCCCCCCc1ccc2c(c1)CCc1c-2ccc(C(=O)Oc2ccc(C#N)c(F)c2)c1F. The normalized spacial score (nSPS) is 11.9. The minimum Gasteiger partial charge on any atom is -0.423 e. The first-order valence-corrected chi connectivity index (χ1v) is 11.9. The van der Waals surface area contributed by atoms with Crippen molar-refractivity contribution in [3.63, 3.8) is 0 Å². The third-order valence-electron chi connectivity index (χ3n) is 6.41. The summed E-state index contributed by atoms with van der Waals surface area (Å²) in [7, 11) is 0. The lowest BCUT2D eigenvalue weighted by Gasteiger charge is -2.22. The number of esters is 1. The summed E-state index contributed by atoms with van der Waals surface area (Å²) in [4.78, 5) is 12.6. The molecule has 0 aliphatic heterocycles. The lowest BCUT2D eigenvalue weighted by atomic mass is 9.83. The zero-order valence-electron chi connectivity index (χ0n) is 19.3. The number of aryl methyl sites for hydroxylation is 2. The second kappa shape index (κ2) is 10.6. The van der Waals surface area contributed by atoms with Crippen molar-refractivity contribution in [1.29, 1.82) is 5.26 Å². The third kappa shape index (κ3) is 5.02. The summed E-state index contributed by atoms with van der Waals surface area (Å²) >= 11 is 0. The molecule has 0 unspecified atom stereocenters. The molecule has 3 aromatic carbocycles. The zero-order chi connectivity index (χ0) is 24.1. The molecule has 0 N–H and O–H groups in total. The van der Waals surface area contributed by atoms with Gasteiger partial charge in [0.25, 0.3) is 0 Å². The van der Waals surface area contributed by atoms with Crippen molar-refractivity contribution in [1.82, 2.24) is 0 Å². The second-order valence-electron chi connectivity index (χ2n) is 8.75. The maximum Gasteiger partial charge on any atom is 0.346 e. The van der Waals surface area contributed by atoms with E-state index in [0.29, 0.717) is 18.4 Å². The molecule has 0 amide bonds. The number of benzene rings is 3. The molecule has 0 atom stereocenters. The molecule has 3 aromatic rings. The van der Waals surface area contributed by atoms with Gasteiger partial charge in [0.15, 0.2) is 0 Å². The van der Waals surface area contributed by atoms with Crippen molar-refractivity contribution in [2.45, 2.75) is 58.3 Å². The van der Waals surface area contributed by atoms with Crippen molar-refractivity contribution in [3.05, 3.63) is 88.0 Å². The number of ether oxygens (including phenoxy) is 1. The Balaban J connectivity index is 1.51. The van der Waals surface area contributed by atoms with E-state index in [1.54, 1.807) is 12.1 Å². The predicted molar refractivity (Wildman–Crippen MR) is 128 cm³/mol. The van der Waals surface area contributed by atoms with Crippen LogP contribution in [0.4, 0.5) is 8.78 Å². The minimum absolute atomic E-state index is 0.0776. The van der Waals surface area contributed by atoms with Crippen LogP contribution in [0.15, 0.2) is 48.5 Å². The van der Waals surface area contributed by atoms with Gasteiger partial charge in [-0.15, -0.1) is 0 Å². The molecule has 0 aromatic heterocycles. The molecule has 0 bridgehead atoms. The number of carbonyl (C=O) groups is 1. The lowest BCUT2D eigenvalue weighted by Crippen LogP contribution is -2.15. The minimum atomic E-state index is -0.895. The van der Waals surface area contributed by atoms with Crippen LogP contribution in [0.3, 0.4) is 0 Å². The van der Waals surface area contributed by atoms with Gasteiger partial charge in [-0.2, -0.15) is 5.26 Å². The van der Waals surface area contributed by atoms with Crippen molar-refractivity contribution < 1.29 is 18.3 Å². The van der Waals surface area contributed by atoms with E-state index in [1.165, 1.54) is 61.4 Å². The Morgan fingerprint density at radius 2 is 1.76 bits per heavy atom. The maximum absolute atomic E-state index is 15.3. The third-order valence-corrected chi connectivity index (χ3v) is 6.41. The van der Waals surface area contributed by atoms with Crippen LogP contribution in [0.25, 0.3) is 11.1 Å². The number of hydrogen-bond donors (Lipinski definition) is 0. The van der Waals surface area contributed by atoms with Crippen molar-refractivity contribution in [3.8, 4) is 22.9 Å². The van der Waals surface area contributed by atoms with Crippen molar-refractivity contribution >= 4 is 5.97 Å². The monoisotopic (exact) mass is 459 g/mol. The highest BCUT2D eigenvalue weighted by atomic mass is 19.1. The molecule has 1 aliphatic carbocycles. The molecule has 0 saturated carbocycles. The Morgan fingerprint density at radius 1 is 0.971 bits per heavy atom. The number of hydrogen-bond acceptors (Lipinski definition) is 3. The van der Waals surface area contributed by atoms with Crippen LogP contribution in [0.2, 0.25) is 0 Å². The van der Waals surface area contributed by atoms with E-state index in [9.17, 15) is 9.18 Å². The Hall–Kier alpha value is -3.52. The topological polar surface area (TPSA) is 50.1 Å². The summed E-state index contributed by atoms with van der Waals surface area (Å²) in [5.74, 6) is -2.36. The predicted octanol–water partition coefficient (Wildman–Crippen LogP) is 7.33. The van der Waals surface area contributed by atoms with E-state index in [4.69, 9.17) is 10.00 Å². The van der Waals surface area contributed by atoms with Crippen LogP contribution in [0, 0.1) is 23.0 Å². The standard InChI is InChI=1S/C29H27F2NO2/c1-2-3-4-5-6-7-19-8-12-23-20(16-19)10-13-25-24(23)14-15-26(28(25)31)29(33)34-22-11-9-21(18-32)27(30)17-22/h8-9,11-12,14-17H,2-7,10,13H2,1H3. The maximum atomic E-state index is 15.3. The van der Waals surface area contributed by atoms with E-state index in [-0.39, 0.29) is 16.9 Å². The fraction of sp³-hybridized carbons (Fsp3) is 0.310. The molecular weight excluding hydrogens is 432 g/mol. The summed E-state index contributed by atoms with van der Waals surface area (Å²) in [5, 5.41) is 8.82. The highest BCUT2D eigenvalue weighted by Crippen LogP contribution is 2.37. The molecule has 5 heteroatoms.